The van der Waals surface area contributed by atoms with E-state index >= 15 is 0 Å². The number of nitrogens with two attached hydrogens (primary N) is 1. The van der Waals surface area contributed by atoms with Crippen molar-refractivity contribution in [1.29, 1.82) is 5.26 Å². The molecule has 2 unspecified atom stereocenters. The molecule has 2 atom stereocenters. The largest absolute Gasteiger partial charge is 0.392 e. The van der Waals surface area contributed by atoms with Gasteiger partial charge >= 0.3 is 0 Å². The lowest BCUT2D eigenvalue weighted by atomic mass is 9.88. The zero-order chi connectivity index (χ0) is 14.8. The standard InChI is InChI=1S/C12H14BN5O2/c1-8(20-12(4-13,5-14)6-19)9-2-3-10-11(15)16-7-17-18(9)10/h2-3,7-8,19H,4,6H2,1H3,(H2,15,16,17). The summed E-state index contributed by atoms with van der Waals surface area (Å²) in [6.45, 7) is 1.27. The first-order valence-electron chi connectivity index (χ1n) is 6.05. The molecule has 0 aliphatic rings. The normalized spacial score (nSPS) is 15.7. The number of hydrogen-bond acceptors (Lipinski definition) is 6. The Labute approximate surface area is 117 Å². The molecule has 0 bridgehead atoms. The van der Waals surface area contributed by atoms with Crippen molar-refractivity contribution in [2.75, 3.05) is 12.3 Å². The molecule has 0 saturated heterocycles. The predicted octanol–water partition coefficient (Wildman–Crippen LogP) is 0.231. The Morgan fingerprint density at radius 3 is 3.00 bits per heavy atom. The van der Waals surface area contributed by atoms with Gasteiger partial charge in [0, 0.05) is 0 Å². The highest BCUT2D eigenvalue weighted by Crippen LogP contribution is 2.27. The fraction of sp³-hybridized carbons (Fsp3) is 0.417. The number of hydrogen-bond donors (Lipinski definition) is 2. The van der Waals surface area contributed by atoms with E-state index in [-0.39, 0.29) is 6.32 Å². The number of nitrogens with zero attached hydrogens (tertiary/aromatic N) is 4. The molecule has 0 amide bonds. The van der Waals surface area contributed by atoms with Crippen LogP contribution < -0.4 is 5.73 Å². The summed E-state index contributed by atoms with van der Waals surface area (Å²) in [7, 11) is 5.51. The maximum absolute atomic E-state index is 9.30. The number of ether oxygens (including phenoxy) is 1. The van der Waals surface area contributed by atoms with Crippen molar-refractivity contribution >= 4 is 19.2 Å². The number of aromatic nitrogens is 3. The smallest absolute Gasteiger partial charge is 0.170 e. The molecule has 7 nitrogen and oxygen atoms in total. The van der Waals surface area contributed by atoms with Crippen LogP contribution in [0.5, 0.6) is 0 Å². The van der Waals surface area contributed by atoms with Crippen LogP contribution in [0.4, 0.5) is 5.82 Å². The summed E-state index contributed by atoms with van der Waals surface area (Å²) in [6, 6.07) is 5.45. The first kappa shape index (κ1) is 14.3. The summed E-state index contributed by atoms with van der Waals surface area (Å²) in [5, 5.41) is 22.5. The van der Waals surface area contributed by atoms with E-state index in [1.165, 1.54) is 6.33 Å². The van der Waals surface area contributed by atoms with Gasteiger partial charge in [0.1, 0.15) is 11.8 Å². The van der Waals surface area contributed by atoms with Crippen LogP contribution in [0.15, 0.2) is 18.5 Å². The number of nitriles is 1. The van der Waals surface area contributed by atoms with Crippen molar-refractivity contribution in [1.82, 2.24) is 14.6 Å². The number of nitrogen functional groups attached to an aromatic ring is 1. The Balaban J connectivity index is 2.35. The Hall–Kier alpha value is -2.11. The fourth-order valence-corrected chi connectivity index (χ4v) is 1.94. The maximum atomic E-state index is 9.30. The van der Waals surface area contributed by atoms with E-state index in [1.54, 1.807) is 23.6 Å². The molecule has 2 aromatic rings. The molecule has 2 radical (unpaired) electrons. The van der Waals surface area contributed by atoms with Gasteiger partial charge in [0.15, 0.2) is 11.4 Å². The summed E-state index contributed by atoms with van der Waals surface area (Å²) in [6.07, 6.45) is 0.734. The first-order valence-corrected chi connectivity index (χ1v) is 6.05. The predicted molar refractivity (Wildman–Crippen MR) is 72.9 cm³/mol. The Bertz CT molecular complexity index is 647. The second kappa shape index (κ2) is 5.49. The van der Waals surface area contributed by atoms with Crippen LogP contribution >= 0.6 is 0 Å². The van der Waals surface area contributed by atoms with Crippen molar-refractivity contribution in [3.05, 3.63) is 24.2 Å². The third-order valence-corrected chi connectivity index (χ3v) is 3.12. The van der Waals surface area contributed by atoms with E-state index < -0.39 is 18.3 Å². The second-order valence-electron chi connectivity index (χ2n) is 4.43. The van der Waals surface area contributed by atoms with Crippen molar-refractivity contribution in [2.24, 2.45) is 0 Å². The lowest BCUT2D eigenvalue weighted by molar-refractivity contribution is -0.0702. The van der Waals surface area contributed by atoms with Gasteiger partial charge in [-0.15, -0.1) is 0 Å². The molecule has 0 aliphatic carbocycles. The molecular weight excluding hydrogens is 257 g/mol. The van der Waals surface area contributed by atoms with Crippen LogP contribution in [0, 0.1) is 11.3 Å². The molecule has 0 aromatic carbocycles. The highest BCUT2D eigenvalue weighted by molar-refractivity contribution is 6.09. The Morgan fingerprint density at radius 2 is 2.40 bits per heavy atom. The topological polar surface area (TPSA) is 109 Å². The van der Waals surface area contributed by atoms with Gasteiger partial charge in [0.2, 0.25) is 0 Å². The molecule has 102 valence electrons. The summed E-state index contributed by atoms with van der Waals surface area (Å²) in [5.74, 6) is 0.353. The van der Waals surface area contributed by atoms with Crippen LogP contribution in [-0.4, -0.2) is 39.8 Å². The molecule has 2 aromatic heterocycles. The van der Waals surface area contributed by atoms with Gasteiger partial charge in [-0.05, 0) is 25.4 Å². The van der Waals surface area contributed by atoms with Crippen molar-refractivity contribution in [3.63, 3.8) is 0 Å². The average molecular weight is 271 g/mol. The molecular formula is C12H14BN5O2. The molecule has 20 heavy (non-hydrogen) atoms. The van der Waals surface area contributed by atoms with Gasteiger partial charge in [-0.3, -0.25) is 0 Å². The van der Waals surface area contributed by atoms with Crippen molar-refractivity contribution < 1.29 is 9.84 Å². The van der Waals surface area contributed by atoms with Crippen LogP contribution in [0.1, 0.15) is 18.7 Å². The first-order chi connectivity index (χ1) is 9.56. The van der Waals surface area contributed by atoms with E-state index in [1.807, 2.05) is 6.07 Å². The third kappa shape index (κ3) is 2.33. The van der Waals surface area contributed by atoms with Gasteiger partial charge in [-0.1, -0.05) is 0 Å². The third-order valence-electron chi connectivity index (χ3n) is 3.12. The molecule has 2 rings (SSSR count). The number of fused-ring (bicyclic) bond motifs is 1. The molecule has 0 aliphatic heterocycles. The molecule has 0 spiro atoms. The van der Waals surface area contributed by atoms with E-state index in [2.05, 4.69) is 10.1 Å². The van der Waals surface area contributed by atoms with Crippen LogP contribution in [0.2, 0.25) is 6.32 Å². The minimum Gasteiger partial charge on any atom is -0.392 e. The molecule has 3 N–H and O–H groups in total. The number of aliphatic hydroxyl groups excluding tert-OH is 1. The summed E-state index contributed by atoms with van der Waals surface area (Å²) < 4.78 is 7.21. The SMILES string of the molecule is [B]CC(C#N)(CO)OC(C)c1ccc2c(N)ncnn12. The van der Waals surface area contributed by atoms with Crippen LogP contribution in [0.3, 0.4) is 0 Å². The van der Waals surface area contributed by atoms with Gasteiger partial charge in [0.05, 0.1) is 32.3 Å². The zero-order valence-corrected chi connectivity index (χ0v) is 11.0. The fourth-order valence-electron chi connectivity index (χ4n) is 1.94. The van der Waals surface area contributed by atoms with Crippen LogP contribution in [0.25, 0.3) is 5.52 Å². The number of rotatable bonds is 5. The summed E-state index contributed by atoms with van der Waals surface area (Å²) >= 11 is 0. The summed E-state index contributed by atoms with van der Waals surface area (Å²) in [4.78, 5) is 3.90. The maximum Gasteiger partial charge on any atom is 0.170 e. The zero-order valence-electron chi connectivity index (χ0n) is 11.0. The van der Waals surface area contributed by atoms with E-state index in [9.17, 15) is 5.11 Å². The van der Waals surface area contributed by atoms with Crippen molar-refractivity contribution in [2.45, 2.75) is 24.9 Å². The Kier molecular flexibility index (Phi) is 3.92. The molecule has 8 heteroatoms. The van der Waals surface area contributed by atoms with E-state index in [0.717, 1.165) is 0 Å². The van der Waals surface area contributed by atoms with Gasteiger partial charge in [0.25, 0.3) is 0 Å². The molecule has 0 saturated carbocycles. The highest BCUT2D eigenvalue weighted by atomic mass is 16.5. The van der Waals surface area contributed by atoms with Gasteiger partial charge in [-0.25, -0.2) is 9.50 Å². The molecule has 0 fully saturated rings. The van der Waals surface area contributed by atoms with Gasteiger partial charge < -0.3 is 15.6 Å². The Morgan fingerprint density at radius 1 is 1.65 bits per heavy atom. The lowest BCUT2D eigenvalue weighted by Gasteiger charge is -2.27. The van der Waals surface area contributed by atoms with E-state index in [0.29, 0.717) is 17.0 Å². The lowest BCUT2D eigenvalue weighted by Crippen LogP contribution is -2.36. The van der Waals surface area contributed by atoms with Crippen LogP contribution in [-0.2, 0) is 4.74 Å². The second-order valence-corrected chi connectivity index (χ2v) is 4.43. The number of aliphatic hydroxyl groups is 1. The van der Waals surface area contributed by atoms with E-state index in [4.69, 9.17) is 23.6 Å². The monoisotopic (exact) mass is 271 g/mol. The quantitative estimate of drug-likeness (QED) is 0.753. The summed E-state index contributed by atoms with van der Waals surface area (Å²) in [5.41, 5.74) is 5.66. The van der Waals surface area contributed by atoms with Crippen molar-refractivity contribution in [3.8, 4) is 6.07 Å². The minimum atomic E-state index is -1.43. The number of anilines is 1. The molecule has 2 heterocycles. The highest BCUT2D eigenvalue weighted by Gasteiger charge is 2.31. The van der Waals surface area contributed by atoms with Gasteiger partial charge in [-0.2, -0.15) is 10.4 Å². The average Bonchev–Trinajstić information content (AvgIpc) is 2.90. The minimum absolute atomic E-state index is 0.106.